The first-order valence-electron chi connectivity index (χ1n) is 7.07. The molecule has 2 aromatic carbocycles. The van der Waals surface area contributed by atoms with Gasteiger partial charge in [0.05, 0.1) is 29.6 Å². The van der Waals surface area contributed by atoms with Gasteiger partial charge in [0.1, 0.15) is 5.84 Å². The van der Waals surface area contributed by atoms with Crippen molar-refractivity contribution in [1.29, 1.82) is 0 Å². The van der Waals surface area contributed by atoms with Crippen LogP contribution in [-0.4, -0.2) is 10.8 Å². The van der Waals surface area contributed by atoms with E-state index < -0.39 is 0 Å². The van der Waals surface area contributed by atoms with E-state index in [2.05, 4.69) is 51.3 Å². The lowest BCUT2D eigenvalue weighted by molar-refractivity contribution is 1.01. The van der Waals surface area contributed by atoms with E-state index in [-0.39, 0.29) is 0 Å². The molecular weight excluding hydrogens is 258 g/mol. The van der Waals surface area contributed by atoms with Gasteiger partial charge in [-0.1, -0.05) is 36.4 Å². The van der Waals surface area contributed by atoms with Crippen LogP contribution < -0.4 is 4.90 Å². The Kier molecular flexibility index (Phi) is 2.71. The number of hydrogen-bond donors (Lipinski definition) is 0. The number of amidine groups is 1. The third kappa shape index (κ3) is 1.98. The molecule has 0 spiro atoms. The van der Waals surface area contributed by atoms with Crippen LogP contribution in [0, 0.1) is 0 Å². The summed E-state index contributed by atoms with van der Waals surface area (Å²) in [6.07, 6.45) is 1.92. The smallest absolute Gasteiger partial charge is 0.105 e. The monoisotopic (exact) mass is 273 g/mol. The Morgan fingerprint density at radius 2 is 1.81 bits per heavy atom. The molecule has 0 amide bonds. The van der Waals surface area contributed by atoms with Crippen molar-refractivity contribution in [1.82, 2.24) is 4.98 Å². The summed E-state index contributed by atoms with van der Waals surface area (Å²) in [4.78, 5) is 11.4. The van der Waals surface area contributed by atoms with E-state index in [1.165, 1.54) is 11.3 Å². The molecule has 0 saturated heterocycles. The molecular formula is C18H15N3. The molecule has 3 heteroatoms. The highest BCUT2D eigenvalue weighted by atomic mass is 15.2. The molecule has 1 aromatic heterocycles. The van der Waals surface area contributed by atoms with Gasteiger partial charge >= 0.3 is 0 Å². The zero-order valence-corrected chi connectivity index (χ0v) is 11.8. The van der Waals surface area contributed by atoms with Crippen LogP contribution in [0.1, 0.15) is 12.5 Å². The number of aromatic nitrogens is 1. The summed E-state index contributed by atoms with van der Waals surface area (Å²) in [6.45, 7) is 2.80. The topological polar surface area (TPSA) is 28.5 Å². The zero-order chi connectivity index (χ0) is 14.2. The maximum atomic E-state index is 4.62. The molecule has 0 saturated carbocycles. The first-order valence-corrected chi connectivity index (χ1v) is 7.07. The third-order valence-electron chi connectivity index (χ3n) is 3.87. The largest absolute Gasteiger partial charge is 0.297 e. The zero-order valence-electron chi connectivity index (χ0n) is 11.8. The molecule has 1 aliphatic rings. The molecule has 1 aliphatic heterocycles. The molecule has 0 aliphatic carbocycles. The summed E-state index contributed by atoms with van der Waals surface area (Å²) in [7, 11) is 0. The SMILES string of the molecule is CC1=NCc2ccccc2N1c1cnc2ccccc2c1. The van der Waals surface area contributed by atoms with Crippen LogP contribution in [0.5, 0.6) is 0 Å². The van der Waals surface area contributed by atoms with Gasteiger partial charge in [-0.15, -0.1) is 0 Å². The number of hydrogen-bond acceptors (Lipinski definition) is 3. The van der Waals surface area contributed by atoms with Crippen LogP contribution >= 0.6 is 0 Å². The number of para-hydroxylation sites is 2. The fraction of sp³-hybridized carbons (Fsp3) is 0.111. The van der Waals surface area contributed by atoms with Crippen molar-refractivity contribution < 1.29 is 0 Å². The second kappa shape index (κ2) is 4.70. The molecule has 21 heavy (non-hydrogen) atoms. The minimum atomic E-state index is 0.750. The summed E-state index contributed by atoms with van der Waals surface area (Å²) in [5.41, 5.74) is 4.52. The van der Waals surface area contributed by atoms with Gasteiger partial charge in [0, 0.05) is 5.39 Å². The highest BCUT2D eigenvalue weighted by Gasteiger charge is 2.20. The molecule has 0 atom stereocenters. The minimum absolute atomic E-state index is 0.750. The van der Waals surface area contributed by atoms with Crippen molar-refractivity contribution in [3.63, 3.8) is 0 Å². The second-order valence-corrected chi connectivity index (χ2v) is 5.21. The van der Waals surface area contributed by atoms with Crippen LogP contribution in [0.15, 0.2) is 65.8 Å². The lowest BCUT2D eigenvalue weighted by Gasteiger charge is -2.29. The number of benzene rings is 2. The van der Waals surface area contributed by atoms with E-state index in [0.29, 0.717) is 0 Å². The van der Waals surface area contributed by atoms with E-state index in [4.69, 9.17) is 0 Å². The Balaban J connectivity index is 1.90. The molecule has 2 heterocycles. The number of pyridine rings is 1. The number of nitrogens with zero attached hydrogens (tertiary/aromatic N) is 3. The van der Waals surface area contributed by atoms with Crippen molar-refractivity contribution in [3.05, 3.63) is 66.4 Å². The predicted molar refractivity (Wildman–Crippen MR) is 87.1 cm³/mol. The van der Waals surface area contributed by atoms with Gasteiger partial charge in [0.2, 0.25) is 0 Å². The van der Waals surface area contributed by atoms with E-state index >= 15 is 0 Å². The summed E-state index contributed by atoms with van der Waals surface area (Å²) in [6, 6.07) is 18.7. The van der Waals surface area contributed by atoms with Gasteiger partial charge in [-0.05, 0) is 30.7 Å². The highest BCUT2D eigenvalue weighted by Crippen LogP contribution is 2.33. The van der Waals surface area contributed by atoms with Gasteiger partial charge in [0.25, 0.3) is 0 Å². The van der Waals surface area contributed by atoms with Crippen LogP contribution in [0.2, 0.25) is 0 Å². The van der Waals surface area contributed by atoms with Crippen molar-refractivity contribution in [2.45, 2.75) is 13.5 Å². The molecule has 0 N–H and O–H groups in total. The Morgan fingerprint density at radius 3 is 2.76 bits per heavy atom. The maximum absolute atomic E-state index is 4.62. The van der Waals surface area contributed by atoms with Crippen LogP contribution in [0.25, 0.3) is 10.9 Å². The summed E-state index contributed by atoms with van der Waals surface area (Å²) in [5.74, 6) is 1.01. The van der Waals surface area contributed by atoms with Crippen molar-refractivity contribution in [2.75, 3.05) is 4.90 Å². The molecule has 4 rings (SSSR count). The fourth-order valence-corrected chi connectivity index (χ4v) is 2.81. The van der Waals surface area contributed by atoms with Crippen molar-refractivity contribution in [2.24, 2.45) is 4.99 Å². The van der Waals surface area contributed by atoms with Crippen LogP contribution in [0.3, 0.4) is 0 Å². The number of anilines is 2. The van der Waals surface area contributed by atoms with Crippen LogP contribution in [0.4, 0.5) is 11.4 Å². The first kappa shape index (κ1) is 12.1. The molecule has 0 fully saturated rings. The number of rotatable bonds is 1. The minimum Gasteiger partial charge on any atom is -0.297 e. The second-order valence-electron chi connectivity index (χ2n) is 5.21. The highest BCUT2D eigenvalue weighted by molar-refractivity contribution is 6.05. The standard InChI is InChI=1S/C18H15N3/c1-13-19-11-15-7-3-5-9-18(15)21(13)16-10-14-6-2-4-8-17(14)20-12-16/h2-10,12H,11H2,1H3. The van der Waals surface area contributed by atoms with Crippen molar-refractivity contribution >= 4 is 28.1 Å². The van der Waals surface area contributed by atoms with Crippen LogP contribution in [-0.2, 0) is 6.54 Å². The summed E-state index contributed by atoms with van der Waals surface area (Å²) in [5, 5.41) is 1.14. The van der Waals surface area contributed by atoms with Gasteiger partial charge in [-0.3, -0.25) is 14.9 Å². The predicted octanol–water partition coefficient (Wildman–Crippen LogP) is 4.30. The quantitative estimate of drug-likeness (QED) is 0.661. The lowest BCUT2D eigenvalue weighted by Crippen LogP contribution is -2.27. The molecule has 3 nitrogen and oxygen atoms in total. The Morgan fingerprint density at radius 1 is 1.00 bits per heavy atom. The third-order valence-corrected chi connectivity index (χ3v) is 3.87. The first-order chi connectivity index (χ1) is 10.3. The molecule has 102 valence electrons. The Hall–Kier alpha value is -2.68. The lowest BCUT2D eigenvalue weighted by atomic mass is 10.1. The number of fused-ring (bicyclic) bond motifs is 2. The fourth-order valence-electron chi connectivity index (χ4n) is 2.81. The van der Waals surface area contributed by atoms with Gasteiger partial charge < -0.3 is 0 Å². The molecule has 0 radical (unpaired) electrons. The summed E-state index contributed by atoms with van der Waals surface area (Å²) >= 11 is 0. The summed E-state index contributed by atoms with van der Waals surface area (Å²) < 4.78 is 0. The Labute approximate surface area is 123 Å². The van der Waals surface area contributed by atoms with Gasteiger partial charge in [-0.2, -0.15) is 0 Å². The maximum Gasteiger partial charge on any atom is 0.105 e. The molecule has 0 bridgehead atoms. The molecule has 3 aromatic rings. The molecule has 0 unspecified atom stereocenters. The van der Waals surface area contributed by atoms with Gasteiger partial charge in [-0.25, -0.2) is 0 Å². The normalized spacial score (nSPS) is 14.0. The number of aliphatic imine (C=N–C) groups is 1. The van der Waals surface area contributed by atoms with Crippen molar-refractivity contribution in [3.8, 4) is 0 Å². The Bertz CT molecular complexity index is 852. The average Bonchev–Trinajstić information content (AvgIpc) is 2.54. The van der Waals surface area contributed by atoms with E-state index in [1.54, 1.807) is 0 Å². The van der Waals surface area contributed by atoms with E-state index in [1.807, 2.05) is 31.3 Å². The van der Waals surface area contributed by atoms with E-state index in [0.717, 1.165) is 29.0 Å². The van der Waals surface area contributed by atoms with E-state index in [9.17, 15) is 0 Å². The average molecular weight is 273 g/mol. The van der Waals surface area contributed by atoms with Gasteiger partial charge in [0.15, 0.2) is 0 Å².